The van der Waals surface area contributed by atoms with Crippen LogP contribution in [0.3, 0.4) is 0 Å². The maximum atomic E-state index is 12.1. The van der Waals surface area contributed by atoms with Crippen LogP contribution in [0.15, 0.2) is 29.1 Å². The van der Waals surface area contributed by atoms with Crippen molar-refractivity contribution in [3.05, 3.63) is 29.1 Å². The van der Waals surface area contributed by atoms with E-state index in [1.807, 2.05) is 37.9 Å². The number of rotatable bonds is 3. The molecule has 136 valence electrons. The van der Waals surface area contributed by atoms with Crippen LogP contribution in [0.5, 0.6) is 0 Å². The number of hydrogen-bond donors (Lipinski definition) is 0. The second-order valence-electron chi connectivity index (χ2n) is 7.77. The lowest BCUT2D eigenvalue weighted by atomic mass is 9.94. The fraction of sp³-hybridized carbons (Fsp3) is 0.579. The van der Waals surface area contributed by atoms with Gasteiger partial charge < -0.3 is 14.2 Å². The van der Waals surface area contributed by atoms with Gasteiger partial charge in [-0.1, -0.05) is 0 Å². The number of amides is 1. The number of carbonyl (C=O) groups is 1. The summed E-state index contributed by atoms with van der Waals surface area (Å²) < 4.78 is 8.60. The first-order chi connectivity index (χ1) is 11.8. The van der Waals surface area contributed by atoms with Gasteiger partial charge in [-0.15, -0.1) is 0 Å². The minimum Gasteiger partial charge on any atom is -0.444 e. The lowest BCUT2D eigenvalue weighted by molar-refractivity contribution is 0.0180. The summed E-state index contributed by atoms with van der Waals surface area (Å²) in [4.78, 5) is 18.3. The first-order valence-electron chi connectivity index (χ1n) is 8.90. The zero-order valence-electron chi connectivity index (χ0n) is 15.2. The molecule has 5 nitrogen and oxygen atoms in total. The predicted molar refractivity (Wildman–Crippen MR) is 103 cm³/mol. The fourth-order valence-corrected chi connectivity index (χ4v) is 3.66. The molecular formula is C19H26BrN3O2. The molecule has 2 aromatic heterocycles. The van der Waals surface area contributed by atoms with Gasteiger partial charge >= 0.3 is 6.09 Å². The standard InChI is InChI=1S/C19H26BrN3O2/c1-19(2,3)25-18(24)23-9-5-14(6-10-23)4-8-22-11-7-15-12-17(20)21-13-16(15)22/h7,11-14H,4-6,8-10H2,1-3H3. The summed E-state index contributed by atoms with van der Waals surface area (Å²) in [5.74, 6) is 0.652. The molecule has 1 amide bonds. The van der Waals surface area contributed by atoms with Crippen LogP contribution in [0.1, 0.15) is 40.0 Å². The van der Waals surface area contributed by atoms with Crippen LogP contribution in [-0.2, 0) is 11.3 Å². The van der Waals surface area contributed by atoms with Crippen molar-refractivity contribution >= 4 is 32.9 Å². The maximum Gasteiger partial charge on any atom is 0.410 e. The molecule has 0 saturated carbocycles. The Bertz CT molecular complexity index is 743. The van der Waals surface area contributed by atoms with E-state index in [0.29, 0.717) is 5.92 Å². The number of fused-ring (bicyclic) bond motifs is 1. The lowest BCUT2D eigenvalue weighted by Crippen LogP contribution is -2.41. The number of piperidine rings is 1. The van der Waals surface area contributed by atoms with Crippen molar-refractivity contribution in [1.29, 1.82) is 0 Å². The normalized spacial score (nSPS) is 16.4. The monoisotopic (exact) mass is 407 g/mol. The Morgan fingerprint density at radius 1 is 1.36 bits per heavy atom. The zero-order valence-corrected chi connectivity index (χ0v) is 16.8. The highest BCUT2D eigenvalue weighted by molar-refractivity contribution is 9.10. The van der Waals surface area contributed by atoms with E-state index in [9.17, 15) is 4.79 Å². The van der Waals surface area contributed by atoms with E-state index in [1.165, 1.54) is 10.9 Å². The van der Waals surface area contributed by atoms with Crippen LogP contribution in [0, 0.1) is 5.92 Å². The highest BCUT2D eigenvalue weighted by atomic mass is 79.9. The van der Waals surface area contributed by atoms with Crippen LogP contribution < -0.4 is 0 Å². The minimum absolute atomic E-state index is 0.181. The fourth-order valence-electron chi connectivity index (χ4n) is 3.31. The highest BCUT2D eigenvalue weighted by Crippen LogP contribution is 2.24. The highest BCUT2D eigenvalue weighted by Gasteiger charge is 2.26. The Morgan fingerprint density at radius 3 is 2.76 bits per heavy atom. The smallest absolute Gasteiger partial charge is 0.410 e. The predicted octanol–water partition coefficient (Wildman–Crippen LogP) is 4.84. The van der Waals surface area contributed by atoms with E-state index < -0.39 is 5.60 Å². The number of pyridine rings is 1. The third-order valence-electron chi connectivity index (χ3n) is 4.67. The third kappa shape index (κ3) is 4.75. The molecule has 3 heterocycles. The number of aromatic nitrogens is 2. The molecule has 0 aliphatic carbocycles. The molecule has 0 atom stereocenters. The first kappa shape index (κ1) is 18.2. The number of carbonyl (C=O) groups excluding carboxylic acids is 1. The average Bonchev–Trinajstić information content (AvgIpc) is 2.94. The van der Waals surface area contributed by atoms with Crippen molar-refractivity contribution in [3.63, 3.8) is 0 Å². The van der Waals surface area contributed by atoms with Crippen LogP contribution in [-0.4, -0.2) is 39.2 Å². The van der Waals surface area contributed by atoms with E-state index in [4.69, 9.17) is 4.74 Å². The molecule has 0 spiro atoms. The van der Waals surface area contributed by atoms with Gasteiger partial charge in [-0.25, -0.2) is 9.78 Å². The summed E-state index contributed by atoms with van der Waals surface area (Å²) in [6, 6.07) is 4.18. The third-order valence-corrected chi connectivity index (χ3v) is 5.10. The second kappa shape index (κ2) is 7.36. The van der Waals surface area contributed by atoms with Crippen LogP contribution in [0.2, 0.25) is 0 Å². The molecule has 6 heteroatoms. The van der Waals surface area contributed by atoms with Gasteiger partial charge in [-0.2, -0.15) is 0 Å². The lowest BCUT2D eigenvalue weighted by Gasteiger charge is -2.33. The van der Waals surface area contributed by atoms with Gasteiger partial charge in [0.15, 0.2) is 0 Å². The number of halogens is 1. The van der Waals surface area contributed by atoms with Crippen molar-refractivity contribution in [2.45, 2.75) is 52.2 Å². The van der Waals surface area contributed by atoms with Crippen molar-refractivity contribution in [2.24, 2.45) is 5.92 Å². The van der Waals surface area contributed by atoms with Crippen LogP contribution in [0.25, 0.3) is 10.9 Å². The molecule has 1 aliphatic rings. The average molecular weight is 408 g/mol. The summed E-state index contributed by atoms with van der Waals surface area (Å²) in [6.07, 6.45) is 7.09. The molecule has 0 radical (unpaired) electrons. The molecule has 1 saturated heterocycles. The van der Waals surface area contributed by atoms with Gasteiger partial charge in [0.25, 0.3) is 0 Å². The van der Waals surface area contributed by atoms with Crippen molar-refractivity contribution in [3.8, 4) is 0 Å². The summed E-state index contributed by atoms with van der Waals surface area (Å²) in [5.41, 5.74) is 0.751. The molecule has 1 fully saturated rings. The Labute approximate surface area is 157 Å². The molecule has 1 aliphatic heterocycles. The van der Waals surface area contributed by atoms with Gasteiger partial charge in [0.2, 0.25) is 0 Å². The van der Waals surface area contributed by atoms with Crippen molar-refractivity contribution in [1.82, 2.24) is 14.5 Å². The Kier molecular flexibility index (Phi) is 5.37. The van der Waals surface area contributed by atoms with E-state index in [-0.39, 0.29) is 6.09 Å². The van der Waals surface area contributed by atoms with Gasteiger partial charge in [-0.05, 0) is 74.0 Å². The Balaban J connectivity index is 1.50. The molecule has 0 N–H and O–H groups in total. The number of hydrogen-bond acceptors (Lipinski definition) is 3. The molecular weight excluding hydrogens is 382 g/mol. The van der Waals surface area contributed by atoms with E-state index in [0.717, 1.165) is 43.5 Å². The van der Waals surface area contributed by atoms with Crippen molar-refractivity contribution < 1.29 is 9.53 Å². The van der Waals surface area contributed by atoms with Crippen LogP contribution >= 0.6 is 15.9 Å². The van der Waals surface area contributed by atoms with E-state index in [2.05, 4.69) is 37.7 Å². The topological polar surface area (TPSA) is 47.4 Å². The van der Waals surface area contributed by atoms with Gasteiger partial charge in [0.1, 0.15) is 10.2 Å². The number of aryl methyl sites for hydroxylation is 1. The SMILES string of the molecule is CC(C)(C)OC(=O)N1CCC(CCn2ccc3cc(Br)ncc32)CC1. The molecule has 0 unspecified atom stereocenters. The number of ether oxygens (including phenoxy) is 1. The zero-order chi connectivity index (χ0) is 18.0. The summed E-state index contributed by atoms with van der Waals surface area (Å²) in [6.45, 7) is 8.30. The summed E-state index contributed by atoms with van der Waals surface area (Å²) >= 11 is 3.42. The summed E-state index contributed by atoms with van der Waals surface area (Å²) in [7, 11) is 0. The number of nitrogens with zero attached hydrogens (tertiary/aromatic N) is 3. The largest absolute Gasteiger partial charge is 0.444 e. The quantitative estimate of drug-likeness (QED) is 0.683. The summed E-state index contributed by atoms with van der Waals surface area (Å²) in [5, 5.41) is 1.21. The van der Waals surface area contributed by atoms with Gasteiger partial charge in [0.05, 0.1) is 11.7 Å². The minimum atomic E-state index is -0.424. The van der Waals surface area contributed by atoms with Gasteiger partial charge in [0, 0.05) is 31.2 Å². The molecule has 0 bridgehead atoms. The molecule has 0 aromatic carbocycles. The van der Waals surface area contributed by atoms with E-state index in [1.54, 1.807) is 0 Å². The second-order valence-corrected chi connectivity index (χ2v) is 8.59. The van der Waals surface area contributed by atoms with Gasteiger partial charge in [-0.3, -0.25) is 0 Å². The Hall–Kier alpha value is -1.56. The molecule has 3 rings (SSSR count). The first-order valence-corrected chi connectivity index (χ1v) is 9.69. The number of likely N-dealkylation sites (tertiary alicyclic amines) is 1. The van der Waals surface area contributed by atoms with Crippen LogP contribution in [0.4, 0.5) is 4.79 Å². The molecule has 25 heavy (non-hydrogen) atoms. The van der Waals surface area contributed by atoms with Crippen molar-refractivity contribution in [2.75, 3.05) is 13.1 Å². The maximum absolute atomic E-state index is 12.1. The van der Waals surface area contributed by atoms with E-state index >= 15 is 0 Å². The molecule has 2 aromatic rings. The Morgan fingerprint density at radius 2 is 2.08 bits per heavy atom.